The van der Waals surface area contributed by atoms with Crippen LogP contribution in [0, 0.1) is 11.3 Å². The van der Waals surface area contributed by atoms with Crippen LogP contribution >= 0.6 is 12.4 Å². The standard InChI is InChI=1S/C15H12N2O.ClH/c16-9-13(17)15-12-7-2-1-5-10(12)11-6-3-4-8-14(11)18-15;/h1-8,13,15H,17H2;1H. The van der Waals surface area contributed by atoms with Gasteiger partial charge in [-0.1, -0.05) is 42.5 Å². The summed E-state index contributed by atoms with van der Waals surface area (Å²) in [6, 6.07) is 17.1. The summed E-state index contributed by atoms with van der Waals surface area (Å²) in [5.74, 6) is 0.784. The molecular formula is C15H13ClN2O. The first-order valence-electron chi connectivity index (χ1n) is 5.81. The molecule has 4 heteroatoms. The minimum atomic E-state index is -0.667. The lowest BCUT2D eigenvalue weighted by molar-refractivity contribution is 0.189. The van der Waals surface area contributed by atoms with Crippen molar-refractivity contribution in [2.24, 2.45) is 5.73 Å². The van der Waals surface area contributed by atoms with Crippen LogP contribution in [0.1, 0.15) is 11.7 Å². The Labute approximate surface area is 118 Å². The topological polar surface area (TPSA) is 59.0 Å². The Balaban J connectivity index is 0.00000133. The van der Waals surface area contributed by atoms with Gasteiger partial charge in [-0.25, -0.2) is 0 Å². The first kappa shape index (κ1) is 13.4. The molecule has 2 atom stereocenters. The average molecular weight is 273 g/mol. The molecule has 96 valence electrons. The highest BCUT2D eigenvalue weighted by molar-refractivity contribution is 5.85. The fraction of sp³-hybridized carbons (Fsp3) is 0.133. The second-order valence-electron chi connectivity index (χ2n) is 4.28. The molecule has 0 aromatic heterocycles. The summed E-state index contributed by atoms with van der Waals surface area (Å²) in [5, 5.41) is 9.01. The van der Waals surface area contributed by atoms with Crippen molar-refractivity contribution in [1.82, 2.24) is 0 Å². The van der Waals surface area contributed by atoms with Crippen LogP contribution in [-0.4, -0.2) is 6.04 Å². The zero-order valence-corrected chi connectivity index (χ0v) is 10.9. The van der Waals surface area contributed by atoms with Gasteiger partial charge in [0, 0.05) is 11.1 Å². The highest BCUT2D eigenvalue weighted by Crippen LogP contribution is 2.42. The molecular weight excluding hydrogens is 260 g/mol. The quantitative estimate of drug-likeness (QED) is 0.868. The van der Waals surface area contributed by atoms with Crippen LogP contribution < -0.4 is 10.5 Å². The van der Waals surface area contributed by atoms with E-state index in [-0.39, 0.29) is 12.4 Å². The maximum absolute atomic E-state index is 9.01. The van der Waals surface area contributed by atoms with Crippen LogP contribution in [0.25, 0.3) is 11.1 Å². The molecule has 2 aromatic carbocycles. The fourth-order valence-electron chi connectivity index (χ4n) is 2.32. The zero-order chi connectivity index (χ0) is 12.5. The molecule has 0 spiro atoms. The summed E-state index contributed by atoms with van der Waals surface area (Å²) >= 11 is 0. The Bertz CT molecular complexity index is 636. The summed E-state index contributed by atoms with van der Waals surface area (Å²) in [6.45, 7) is 0. The van der Waals surface area contributed by atoms with Gasteiger partial charge < -0.3 is 10.5 Å². The molecule has 1 heterocycles. The van der Waals surface area contributed by atoms with Crippen molar-refractivity contribution in [1.29, 1.82) is 5.26 Å². The van der Waals surface area contributed by atoms with Crippen molar-refractivity contribution >= 4 is 12.4 Å². The van der Waals surface area contributed by atoms with Crippen molar-refractivity contribution in [2.45, 2.75) is 12.1 Å². The van der Waals surface area contributed by atoms with E-state index in [0.29, 0.717) is 0 Å². The highest BCUT2D eigenvalue weighted by atomic mass is 35.5. The van der Waals surface area contributed by atoms with E-state index < -0.39 is 12.1 Å². The Hall–Kier alpha value is -2.02. The van der Waals surface area contributed by atoms with Gasteiger partial charge in [0.1, 0.15) is 11.8 Å². The third kappa shape index (κ3) is 2.17. The lowest BCUT2D eigenvalue weighted by Gasteiger charge is -2.29. The Kier molecular flexibility index (Phi) is 3.75. The van der Waals surface area contributed by atoms with E-state index in [1.807, 2.05) is 48.5 Å². The van der Waals surface area contributed by atoms with E-state index in [0.717, 1.165) is 22.4 Å². The maximum atomic E-state index is 9.01. The third-order valence-corrected chi connectivity index (χ3v) is 3.17. The van der Waals surface area contributed by atoms with Crippen LogP contribution in [0.15, 0.2) is 48.5 Å². The van der Waals surface area contributed by atoms with E-state index in [4.69, 9.17) is 15.7 Å². The van der Waals surface area contributed by atoms with Crippen molar-refractivity contribution in [3.05, 3.63) is 54.1 Å². The van der Waals surface area contributed by atoms with E-state index in [2.05, 4.69) is 6.07 Å². The van der Waals surface area contributed by atoms with Crippen LogP contribution in [0.5, 0.6) is 5.75 Å². The molecule has 3 nitrogen and oxygen atoms in total. The molecule has 2 unspecified atom stereocenters. The predicted molar refractivity (Wildman–Crippen MR) is 76.1 cm³/mol. The van der Waals surface area contributed by atoms with Gasteiger partial charge in [-0.05, 0) is 11.6 Å². The molecule has 2 aromatic rings. The van der Waals surface area contributed by atoms with Crippen molar-refractivity contribution in [3.63, 3.8) is 0 Å². The van der Waals surface area contributed by atoms with Gasteiger partial charge in [-0.2, -0.15) is 5.26 Å². The van der Waals surface area contributed by atoms with E-state index in [1.54, 1.807) is 0 Å². The minimum absolute atomic E-state index is 0. The smallest absolute Gasteiger partial charge is 0.153 e. The lowest BCUT2D eigenvalue weighted by atomic mass is 9.90. The summed E-state index contributed by atoms with van der Waals surface area (Å²) in [7, 11) is 0. The lowest BCUT2D eigenvalue weighted by Crippen LogP contribution is -2.32. The molecule has 0 bridgehead atoms. The number of hydrogen-bond donors (Lipinski definition) is 1. The summed E-state index contributed by atoms with van der Waals surface area (Å²) < 4.78 is 5.86. The Morgan fingerprint density at radius 2 is 1.68 bits per heavy atom. The van der Waals surface area contributed by atoms with E-state index in [9.17, 15) is 0 Å². The number of nitrogens with zero attached hydrogens (tertiary/aromatic N) is 1. The first-order chi connectivity index (χ1) is 8.81. The van der Waals surface area contributed by atoms with Gasteiger partial charge in [-0.15, -0.1) is 12.4 Å². The molecule has 1 aliphatic rings. The number of ether oxygens (including phenoxy) is 1. The molecule has 2 N–H and O–H groups in total. The van der Waals surface area contributed by atoms with E-state index >= 15 is 0 Å². The SMILES string of the molecule is Cl.N#CC(N)C1Oc2ccccc2-c2ccccc21. The largest absolute Gasteiger partial charge is 0.482 e. The van der Waals surface area contributed by atoms with Gasteiger partial charge in [0.2, 0.25) is 0 Å². The zero-order valence-electron chi connectivity index (χ0n) is 10.1. The molecule has 1 aliphatic heterocycles. The number of para-hydroxylation sites is 1. The molecule has 0 amide bonds. The normalized spacial score (nSPS) is 16.9. The second kappa shape index (κ2) is 5.31. The number of fused-ring (bicyclic) bond motifs is 3. The van der Waals surface area contributed by atoms with Crippen molar-refractivity contribution < 1.29 is 4.74 Å². The second-order valence-corrected chi connectivity index (χ2v) is 4.28. The molecule has 3 rings (SSSR count). The average Bonchev–Trinajstić information content (AvgIpc) is 2.45. The highest BCUT2D eigenvalue weighted by Gasteiger charge is 2.29. The van der Waals surface area contributed by atoms with Crippen LogP contribution in [-0.2, 0) is 0 Å². The summed E-state index contributed by atoms with van der Waals surface area (Å²) in [4.78, 5) is 0. The molecule has 0 radical (unpaired) electrons. The van der Waals surface area contributed by atoms with Crippen molar-refractivity contribution in [3.8, 4) is 22.9 Å². The van der Waals surface area contributed by atoms with Gasteiger partial charge in [0.05, 0.1) is 6.07 Å². The molecule has 0 fully saturated rings. The molecule has 0 aliphatic carbocycles. The van der Waals surface area contributed by atoms with Crippen LogP contribution in [0.3, 0.4) is 0 Å². The molecule has 0 saturated heterocycles. The van der Waals surface area contributed by atoms with Crippen molar-refractivity contribution in [2.75, 3.05) is 0 Å². The maximum Gasteiger partial charge on any atom is 0.153 e. The van der Waals surface area contributed by atoms with Crippen LogP contribution in [0.4, 0.5) is 0 Å². The number of nitrogens with two attached hydrogens (primary N) is 1. The van der Waals surface area contributed by atoms with Crippen LogP contribution in [0.2, 0.25) is 0 Å². The number of nitriles is 1. The fourth-order valence-corrected chi connectivity index (χ4v) is 2.32. The van der Waals surface area contributed by atoms with E-state index in [1.165, 1.54) is 0 Å². The first-order valence-corrected chi connectivity index (χ1v) is 5.81. The Morgan fingerprint density at radius 1 is 1.05 bits per heavy atom. The summed E-state index contributed by atoms with van der Waals surface area (Å²) in [6.07, 6.45) is -0.402. The molecule has 19 heavy (non-hydrogen) atoms. The monoisotopic (exact) mass is 272 g/mol. The Morgan fingerprint density at radius 3 is 2.42 bits per heavy atom. The molecule has 0 saturated carbocycles. The van der Waals surface area contributed by atoms with Gasteiger partial charge in [0.25, 0.3) is 0 Å². The van der Waals surface area contributed by atoms with Gasteiger partial charge in [-0.3, -0.25) is 0 Å². The number of hydrogen-bond acceptors (Lipinski definition) is 3. The van der Waals surface area contributed by atoms with Gasteiger partial charge >= 0.3 is 0 Å². The predicted octanol–water partition coefficient (Wildman–Crippen LogP) is 3.06. The number of rotatable bonds is 1. The third-order valence-electron chi connectivity index (χ3n) is 3.17. The minimum Gasteiger partial charge on any atom is -0.482 e. The van der Waals surface area contributed by atoms with Gasteiger partial charge in [0.15, 0.2) is 6.10 Å². The summed E-state index contributed by atoms with van der Waals surface area (Å²) in [5.41, 5.74) is 8.95. The number of halogens is 1. The number of benzene rings is 2.